The second-order valence-corrected chi connectivity index (χ2v) is 6.54. The van der Waals surface area contributed by atoms with E-state index in [0.717, 1.165) is 18.4 Å². The van der Waals surface area contributed by atoms with E-state index in [9.17, 15) is 9.18 Å². The lowest BCUT2D eigenvalue weighted by Crippen LogP contribution is -2.36. The molecular weight excluding hydrogens is 315 g/mol. The fourth-order valence-corrected chi connectivity index (χ4v) is 3.18. The highest BCUT2D eigenvalue weighted by atomic mass is 19.1. The molecule has 1 fully saturated rings. The van der Waals surface area contributed by atoms with Crippen LogP contribution in [0.4, 0.5) is 4.39 Å². The first-order valence-electron chi connectivity index (χ1n) is 8.65. The number of hydrogen-bond acceptors (Lipinski definition) is 2. The van der Waals surface area contributed by atoms with Crippen LogP contribution in [0, 0.1) is 17.1 Å². The Kier molecular flexibility index (Phi) is 5.14. The zero-order valence-corrected chi connectivity index (χ0v) is 14.3. The van der Waals surface area contributed by atoms with Crippen molar-refractivity contribution in [1.82, 2.24) is 4.90 Å². The second-order valence-electron chi connectivity index (χ2n) is 6.54. The minimum atomic E-state index is -0.263. The van der Waals surface area contributed by atoms with Crippen molar-refractivity contribution in [3.05, 3.63) is 71.0 Å². The number of carbonyl (C=O) groups is 1. The SMILES string of the molecule is CC(c1ccccc1F)N(C(=O)CCc1ccc(C#N)cc1)C1CC1. The summed E-state index contributed by atoms with van der Waals surface area (Å²) >= 11 is 0. The van der Waals surface area contributed by atoms with Gasteiger partial charge in [-0.3, -0.25) is 4.79 Å². The number of aryl methyl sites for hydroxylation is 1. The molecule has 3 rings (SSSR count). The molecule has 1 aliphatic rings. The molecule has 0 bridgehead atoms. The predicted molar refractivity (Wildman–Crippen MR) is 94.2 cm³/mol. The van der Waals surface area contributed by atoms with Crippen molar-refractivity contribution in [3.63, 3.8) is 0 Å². The van der Waals surface area contributed by atoms with Crippen molar-refractivity contribution in [1.29, 1.82) is 5.26 Å². The first-order chi connectivity index (χ1) is 12.1. The van der Waals surface area contributed by atoms with Crippen molar-refractivity contribution in [2.24, 2.45) is 0 Å². The van der Waals surface area contributed by atoms with Crippen LogP contribution in [0.1, 0.15) is 48.9 Å². The molecule has 1 amide bonds. The molecule has 0 aromatic heterocycles. The minimum absolute atomic E-state index is 0.0580. The zero-order valence-electron chi connectivity index (χ0n) is 14.3. The number of hydrogen-bond donors (Lipinski definition) is 0. The Hall–Kier alpha value is -2.67. The lowest BCUT2D eigenvalue weighted by atomic mass is 10.0. The van der Waals surface area contributed by atoms with Crippen LogP contribution in [0.2, 0.25) is 0 Å². The second kappa shape index (κ2) is 7.48. The van der Waals surface area contributed by atoms with E-state index in [4.69, 9.17) is 5.26 Å². The summed E-state index contributed by atoms with van der Waals surface area (Å²) in [6.07, 6.45) is 2.99. The molecule has 1 saturated carbocycles. The molecule has 0 N–H and O–H groups in total. The summed E-state index contributed by atoms with van der Waals surface area (Å²) in [5, 5.41) is 8.84. The van der Waals surface area contributed by atoms with Crippen LogP contribution < -0.4 is 0 Å². The van der Waals surface area contributed by atoms with E-state index in [1.807, 2.05) is 24.0 Å². The molecule has 2 aromatic rings. The molecular formula is C21H21FN2O. The fourth-order valence-electron chi connectivity index (χ4n) is 3.18. The molecule has 4 heteroatoms. The van der Waals surface area contributed by atoms with Crippen LogP contribution in [0.15, 0.2) is 48.5 Å². The maximum absolute atomic E-state index is 14.1. The smallest absolute Gasteiger partial charge is 0.223 e. The van der Waals surface area contributed by atoms with Gasteiger partial charge in [0, 0.05) is 18.0 Å². The van der Waals surface area contributed by atoms with Crippen LogP contribution in [0.3, 0.4) is 0 Å². The average molecular weight is 336 g/mol. The Morgan fingerprint density at radius 3 is 2.52 bits per heavy atom. The van der Waals surface area contributed by atoms with Gasteiger partial charge in [0.1, 0.15) is 5.82 Å². The Balaban J connectivity index is 1.69. The summed E-state index contributed by atoms with van der Waals surface area (Å²) < 4.78 is 14.1. The third-order valence-corrected chi connectivity index (χ3v) is 4.71. The number of nitriles is 1. The molecule has 2 aromatic carbocycles. The number of nitrogens with zero attached hydrogens (tertiary/aromatic N) is 2. The van der Waals surface area contributed by atoms with Crippen molar-refractivity contribution >= 4 is 5.91 Å². The molecule has 128 valence electrons. The van der Waals surface area contributed by atoms with Gasteiger partial charge in [-0.05, 0) is 49.9 Å². The quantitative estimate of drug-likeness (QED) is 0.785. The largest absolute Gasteiger partial charge is 0.333 e. The lowest BCUT2D eigenvalue weighted by molar-refractivity contribution is -0.134. The van der Waals surface area contributed by atoms with Crippen LogP contribution in [0.25, 0.3) is 0 Å². The van der Waals surface area contributed by atoms with Gasteiger partial charge in [0.2, 0.25) is 5.91 Å². The summed E-state index contributed by atoms with van der Waals surface area (Å²) in [5.41, 5.74) is 2.21. The molecule has 0 heterocycles. The van der Waals surface area contributed by atoms with Gasteiger partial charge < -0.3 is 4.90 Å². The highest BCUT2D eigenvalue weighted by Crippen LogP contribution is 2.35. The molecule has 1 unspecified atom stereocenters. The van der Waals surface area contributed by atoms with E-state index in [1.54, 1.807) is 30.3 Å². The molecule has 0 aliphatic heterocycles. The minimum Gasteiger partial charge on any atom is -0.333 e. The van der Waals surface area contributed by atoms with Gasteiger partial charge in [0.05, 0.1) is 17.7 Å². The molecule has 0 radical (unpaired) electrons. The van der Waals surface area contributed by atoms with Crippen molar-refractivity contribution in [3.8, 4) is 6.07 Å². The number of amides is 1. The summed E-state index contributed by atoms with van der Waals surface area (Å²) in [4.78, 5) is 14.6. The Bertz CT molecular complexity index is 790. The number of benzene rings is 2. The molecule has 1 aliphatic carbocycles. The van der Waals surface area contributed by atoms with Crippen LogP contribution in [0.5, 0.6) is 0 Å². The maximum Gasteiger partial charge on any atom is 0.223 e. The molecule has 1 atom stereocenters. The van der Waals surface area contributed by atoms with Crippen LogP contribution >= 0.6 is 0 Å². The van der Waals surface area contributed by atoms with Crippen LogP contribution in [-0.2, 0) is 11.2 Å². The van der Waals surface area contributed by atoms with Gasteiger partial charge in [-0.1, -0.05) is 30.3 Å². The summed E-state index contributed by atoms with van der Waals surface area (Å²) in [6, 6.07) is 16.0. The van der Waals surface area contributed by atoms with Crippen molar-refractivity contribution in [2.75, 3.05) is 0 Å². The van der Waals surface area contributed by atoms with Gasteiger partial charge in [-0.2, -0.15) is 5.26 Å². The summed E-state index contributed by atoms with van der Waals surface area (Å²) in [6.45, 7) is 1.90. The van der Waals surface area contributed by atoms with E-state index in [2.05, 4.69) is 6.07 Å². The zero-order chi connectivity index (χ0) is 17.8. The standard InChI is InChI=1S/C21H21FN2O/c1-15(19-4-2-3-5-20(19)22)24(18-11-12-18)21(25)13-10-16-6-8-17(14-23)9-7-16/h2-9,15,18H,10-13H2,1H3. The third-order valence-electron chi connectivity index (χ3n) is 4.71. The third kappa shape index (κ3) is 4.06. The Morgan fingerprint density at radius 2 is 1.92 bits per heavy atom. The van der Waals surface area contributed by atoms with Crippen LogP contribution in [-0.4, -0.2) is 16.8 Å². The monoisotopic (exact) mass is 336 g/mol. The number of rotatable bonds is 6. The van der Waals surface area contributed by atoms with E-state index >= 15 is 0 Å². The maximum atomic E-state index is 14.1. The first kappa shape index (κ1) is 17.2. The summed E-state index contributed by atoms with van der Waals surface area (Å²) in [5.74, 6) is -0.205. The van der Waals surface area contributed by atoms with E-state index < -0.39 is 0 Å². The molecule has 0 spiro atoms. The molecule has 25 heavy (non-hydrogen) atoms. The fraction of sp³-hybridized carbons (Fsp3) is 0.333. The number of carbonyl (C=O) groups excluding carboxylic acids is 1. The Morgan fingerprint density at radius 1 is 1.24 bits per heavy atom. The average Bonchev–Trinajstić information content (AvgIpc) is 3.45. The topological polar surface area (TPSA) is 44.1 Å². The van der Waals surface area contributed by atoms with Gasteiger partial charge in [0.15, 0.2) is 0 Å². The normalized spacial score (nSPS) is 14.6. The van der Waals surface area contributed by atoms with Crippen molar-refractivity contribution < 1.29 is 9.18 Å². The van der Waals surface area contributed by atoms with E-state index in [1.165, 1.54) is 6.07 Å². The first-order valence-corrected chi connectivity index (χ1v) is 8.65. The van der Waals surface area contributed by atoms with Gasteiger partial charge in [0.25, 0.3) is 0 Å². The summed E-state index contributed by atoms with van der Waals surface area (Å²) in [7, 11) is 0. The van der Waals surface area contributed by atoms with Crippen molar-refractivity contribution in [2.45, 2.75) is 44.7 Å². The highest BCUT2D eigenvalue weighted by molar-refractivity contribution is 5.77. The van der Waals surface area contributed by atoms with E-state index in [0.29, 0.717) is 24.0 Å². The van der Waals surface area contributed by atoms with Gasteiger partial charge in [-0.25, -0.2) is 4.39 Å². The predicted octanol–water partition coefficient (Wildman–Crippen LogP) is 4.38. The van der Waals surface area contributed by atoms with Gasteiger partial charge in [-0.15, -0.1) is 0 Å². The Labute approximate surface area is 147 Å². The van der Waals surface area contributed by atoms with Gasteiger partial charge >= 0.3 is 0 Å². The number of halogens is 1. The highest BCUT2D eigenvalue weighted by Gasteiger charge is 2.36. The van der Waals surface area contributed by atoms with E-state index in [-0.39, 0.29) is 23.8 Å². The molecule has 3 nitrogen and oxygen atoms in total. The lowest BCUT2D eigenvalue weighted by Gasteiger charge is -2.30. The molecule has 0 saturated heterocycles.